The van der Waals surface area contributed by atoms with Gasteiger partial charge in [0.1, 0.15) is 0 Å². The van der Waals surface area contributed by atoms with Gasteiger partial charge in [-0.3, -0.25) is 0 Å². The quantitative estimate of drug-likeness (QED) is 0.754. The Morgan fingerprint density at radius 1 is 1.27 bits per heavy atom. The zero-order valence-corrected chi connectivity index (χ0v) is 13.8. The van der Waals surface area contributed by atoms with Gasteiger partial charge in [-0.15, -0.1) is 11.3 Å². The molecule has 6 heteroatoms. The van der Waals surface area contributed by atoms with Crippen molar-refractivity contribution in [1.29, 1.82) is 0 Å². The molecule has 1 heterocycles. The Kier molecular flexibility index (Phi) is 6.24. The highest BCUT2D eigenvalue weighted by molar-refractivity contribution is 7.10. The third kappa shape index (κ3) is 4.73. The molecule has 4 nitrogen and oxygen atoms in total. The number of benzene rings is 1. The molecule has 2 aromatic rings. The Hall–Kier alpha value is -1.56. The maximum absolute atomic E-state index is 12.1. The van der Waals surface area contributed by atoms with Crippen LogP contribution in [0.4, 0.5) is 4.79 Å². The molecule has 0 bridgehead atoms. The van der Waals surface area contributed by atoms with E-state index in [9.17, 15) is 4.79 Å². The summed E-state index contributed by atoms with van der Waals surface area (Å²) in [5, 5.41) is 17.3. The van der Waals surface area contributed by atoms with Crippen LogP contribution in [0.5, 0.6) is 0 Å². The van der Waals surface area contributed by atoms with Crippen molar-refractivity contribution in [2.75, 3.05) is 6.61 Å². The molecule has 0 aliphatic rings. The molecule has 2 atom stereocenters. The first-order chi connectivity index (χ1) is 10.6. The van der Waals surface area contributed by atoms with Gasteiger partial charge in [0.25, 0.3) is 0 Å². The lowest BCUT2D eigenvalue weighted by Gasteiger charge is -2.20. The van der Waals surface area contributed by atoms with Crippen LogP contribution >= 0.6 is 22.9 Å². The van der Waals surface area contributed by atoms with Crippen molar-refractivity contribution in [2.24, 2.45) is 0 Å². The number of aliphatic hydroxyl groups is 1. The highest BCUT2D eigenvalue weighted by Crippen LogP contribution is 2.27. The molecule has 0 spiro atoms. The van der Waals surface area contributed by atoms with E-state index in [1.165, 1.54) is 0 Å². The molecule has 1 aromatic carbocycles. The third-order valence-electron chi connectivity index (χ3n) is 3.25. The van der Waals surface area contributed by atoms with Crippen LogP contribution in [0.1, 0.15) is 29.8 Å². The monoisotopic (exact) mass is 338 g/mol. The summed E-state index contributed by atoms with van der Waals surface area (Å²) in [4.78, 5) is 13.2. The summed E-state index contributed by atoms with van der Waals surface area (Å²) in [6.45, 7) is 1.91. The van der Waals surface area contributed by atoms with E-state index in [1.807, 2.05) is 48.7 Å². The number of aliphatic hydroxyl groups excluding tert-OH is 1. The summed E-state index contributed by atoms with van der Waals surface area (Å²) in [6.07, 6.45) is 0.526. The number of urea groups is 1. The molecule has 0 aliphatic heterocycles. The van der Waals surface area contributed by atoms with Crippen molar-refractivity contribution in [1.82, 2.24) is 10.6 Å². The smallest absolute Gasteiger partial charge is 0.315 e. The van der Waals surface area contributed by atoms with Crippen molar-refractivity contribution in [3.05, 3.63) is 57.2 Å². The summed E-state index contributed by atoms with van der Waals surface area (Å²) in [6, 6.07) is 10.8. The van der Waals surface area contributed by atoms with E-state index in [2.05, 4.69) is 10.6 Å². The fourth-order valence-electron chi connectivity index (χ4n) is 2.09. The normalized spacial score (nSPS) is 13.4. The summed E-state index contributed by atoms with van der Waals surface area (Å²) in [7, 11) is 0. The van der Waals surface area contributed by atoms with Gasteiger partial charge in [0.05, 0.1) is 6.04 Å². The Morgan fingerprint density at radius 2 is 2.00 bits per heavy atom. The fraction of sp³-hybridized carbons (Fsp3) is 0.312. The molecular formula is C16H19ClN2O2S. The Morgan fingerprint density at radius 3 is 2.59 bits per heavy atom. The first-order valence-electron chi connectivity index (χ1n) is 7.07. The molecule has 0 aliphatic carbocycles. The van der Waals surface area contributed by atoms with Crippen LogP contribution in [0.25, 0.3) is 0 Å². The largest absolute Gasteiger partial charge is 0.396 e. The van der Waals surface area contributed by atoms with Crippen LogP contribution < -0.4 is 10.6 Å². The van der Waals surface area contributed by atoms with Gasteiger partial charge in [0.15, 0.2) is 0 Å². The van der Waals surface area contributed by atoms with Gasteiger partial charge in [0, 0.05) is 22.5 Å². The van der Waals surface area contributed by atoms with Crippen LogP contribution in [0.3, 0.4) is 0 Å². The second-order valence-electron chi connectivity index (χ2n) is 5.03. The molecule has 0 saturated carbocycles. The van der Waals surface area contributed by atoms with E-state index < -0.39 is 0 Å². The molecule has 2 amide bonds. The Labute approximate surface area is 139 Å². The number of halogens is 1. The zero-order valence-electron chi connectivity index (χ0n) is 12.3. The highest BCUT2D eigenvalue weighted by Gasteiger charge is 2.18. The molecule has 22 heavy (non-hydrogen) atoms. The van der Waals surface area contributed by atoms with Gasteiger partial charge in [-0.1, -0.05) is 29.8 Å². The molecule has 2 rings (SSSR count). The van der Waals surface area contributed by atoms with Crippen molar-refractivity contribution >= 4 is 29.0 Å². The zero-order chi connectivity index (χ0) is 15.9. The molecule has 0 radical (unpaired) electrons. The van der Waals surface area contributed by atoms with Crippen LogP contribution in [0.2, 0.25) is 5.02 Å². The number of carbonyl (C=O) groups excluding carboxylic acids is 1. The molecule has 1 aromatic heterocycles. The second kappa shape index (κ2) is 8.17. The second-order valence-corrected chi connectivity index (χ2v) is 6.45. The standard InChI is InChI=1S/C16H19ClN2O2S/c1-11(8-9-20)18-16(21)19-15(14-3-2-10-22-14)12-4-6-13(17)7-5-12/h2-7,10-11,15,20H,8-9H2,1H3,(H2,18,19,21)/t11-,15?/m1/s1. The average molecular weight is 339 g/mol. The first-order valence-corrected chi connectivity index (χ1v) is 8.32. The van der Waals surface area contributed by atoms with Gasteiger partial charge < -0.3 is 15.7 Å². The van der Waals surface area contributed by atoms with Crippen molar-refractivity contribution in [2.45, 2.75) is 25.4 Å². The summed E-state index contributed by atoms with van der Waals surface area (Å²) in [5.74, 6) is 0. The van der Waals surface area contributed by atoms with Gasteiger partial charge in [-0.25, -0.2) is 4.79 Å². The van der Waals surface area contributed by atoms with Crippen LogP contribution in [0, 0.1) is 0 Å². The number of hydrogen-bond acceptors (Lipinski definition) is 3. The van der Waals surface area contributed by atoms with Crippen LogP contribution in [-0.4, -0.2) is 23.8 Å². The van der Waals surface area contributed by atoms with Crippen molar-refractivity contribution in [3.8, 4) is 0 Å². The van der Waals surface area contributed by atoms with Crippen molar-refractivity contribution in [3.63, 3.8) is 0 Å². The molecular weight excluding hydrogens is 320 g/mol. The minimum absolute atomic E-state index is 0.0486. The molecule has 3 N–H and O–H groups in total. The van der Waals surface area contributed by atoms with Gasteiger partial charge >= 0.3 is 6.03 Å². The minimum Gasteiger partial charge on any atom is -0.396 e. The molecule has 118 valence electrons. The van der Waals surface area contributed by atoms with Crippen LogP contribution in [-0.2, 0) is 0 Å². The predicted molar refractivity (Wildman–Crippen MR) is 90.4 cm³/mol. The number of carbonyl (C=O) groups is 1. The van der Waals surface area contributed by atoms with E-state index in [0.717, 1.165) is 10.4 Å². The van der Waals surface area contributed by atoms with Crippen molar-refractivity contribution < 1.29 is 9.90 Å². The fourth-order valence-corrected chi connectivity index (χ4v) is 3.02. The average Bonchev–Trinajstić information content (AvgIpc) is 3.00. The highest BCUT2D eigenvalue weighted by atomic mass is 35.5. The van der Waals surface area contributed by atoms with Crippen LogP contribution in [0.15, 0.2) is 41.8 Å². The SMILES string of the molecule is C[C@H](CCO)NC(=O)NC(c1ccc(Cl)cc1)c1cccs1. The Bertz CT molecular complexity index is 587. The number of hydrogen-bond donors (Lipinski definition) is 3. The van der Waals surface area contributed by atoms with E-state index in [1.54, 1.807) is 11.3 Å². The Balaban J connectivity index is 2.12. The van der Waals surface area contributed by atoms with Gasteiger partial charge in [0.2, 0.25) is 0 Å². The van der Waals surface area contributed by atoms with E-state index in [0.29, 0.717) is 11.4 Å². The van der Waals surface area contributed by atoms with E-state index in [4.69, 9.17) is 16.7 Å². The number of nitrogens with one attached hydrogen (secondary N) is 2. The van der Waals surface area contributed by atoms with Gasteiger partial charge in [-0.05, 0) is 42.5 Å². The number of amides is 2. The minimum atomic E-state index is -0.255. The molecule has 1 unspecified atom stereocenters. The number of rotatable bonds is 6. The number of thiophene rings is 1. The first kappa shape index (κ1) is 16.8. The third-order valence-corrected chi connectivity index (χ3v) is 4.44. The summed E-state index contributed by atoms with van der Waals surface area (Å²) < 4.78 is 0. The van der Waals surface area contributed by atoms with E-state index in [-0.39, 0.29) is 24.7 Å². The maximum Gasteiger partial charge on any atom is 0.315 e. The lowest BCUT2D eigenvalue weighted by Crippen LogP contribution is -2.42. The topological polar surface area (TPSA) is 61.4 Å². The predicted octanol–water partition coefficient (Wildman–Crippen LogP) is 3.56. The molecule has 0 fully saturated rings. The summed E-state index contributed by atoms with van der Waals surface area (Å²) in [5.41, 5.74) is 0.969. The maximum atomic E-state index is 12.1. The summed E-state index contributed by atoms with van der Waals surface area (Å²) >= 11 is 7.52. The van der Waals surface area contributed by atoms with E-state index >= 15 is 0 Å². The van der Waals surface area contributed by atoms with Gasteiger partial charge in [-0.2, -0.15) is 0 Å². The molecule has 0 saturated heterocycles. The lowest BCUT2D eigenvalue weighted by molar-refractivity contribution is 0.229. The lowest BCUT2D eigenvalue weighted by atomic mass is 10.1.